The van der Waals surface area contributed by atoms with Crippen molar-refractivity contribution in [2.45, 2.75) is 13.0 Å². The van der Waals surface area contributed by atoms with E-state index in [4.69, 9.17) is 10.8 Å². The van der Waals surface area contributed by atoms with Gasteiger partial charge in [-0.15, -0.1) is 0 Å². The van der Waals surface area contributed by atoms with Crippen LogP contribution in [-0.4, -0.2) is 62.6 Å². The van der Waals surface area contributed by atoms with E-state index in [0.717, 1.165) is 0 Å². The van der Waals surface area contributed by atoms with Gasteiger partial charge in [0, 0.05) is 0 Å². The van der Waals surface area contributed by atoms with Gasteiger partial charge in [0.1, 0.15) is 6.04 Å². The van der Waals surface area contributed by atoms with Crippen LogP contribution in [0.4, 0.5) is 0 Å². The molecule has 0 aliphatic carbocycles. The number of carboxylic acids is 1. The average molecular weight is 179 g/mol. The van der Waals surface area contributed by atoms with Gasteiger partial charge in [0.05, 0.1) is 0 Å². The molecule has 0 bridgehead atoms. The Morgan fingerprint density at radius 3 is 2.00 bits per heavy atom. The Morgan fingerprint density at radius 2 is 2.00 bits per heavy atom. The second-order valence-electron chi connectivity index (χ2n) is 1.13. The Kier molecular flexibility index (Phi) is 7.81. The monoisotopic (exact) mass is 179 g/mol. The average Bonchev–Trinajstić information content (AvgIpc) is 1.36. The number of carbonyl (C=O) groups is 1. The van der Waals surface area contributed by atoms with Crippen LogP contribution in [0, 0.1) is 0 Å². The SMILES string of the molecule is CC(N)C(=O)O.[SrH2]. The van der Waals surface area contributed by atoms with Crippen molar-refractivity contribution in [1.29, 1.82) is 0 Å². The molecular weight excluding hydrogens is 170 g/mol. The van der Waals surface area contributed by atoms with Crippen LogP contribution in [0.2, 0.25) is 0 Å². The molecule has 0 aromatic rings. The number of rotatable bonds is 1. The molecule has 4 heteroatoms. The molecule has 1 unspecified atom stereocenters. The first-order chi connectivity index (χ1) is 2.64. The Bertz CT molecular complexity index is 64.0. The third-order valence-corrected chi connectivity index (χ3v) is 0.390. The summed E-state index contributed by atoms with van der Waals surface area (Å²) in [7, 11) is 0. The fourth-order valence-electron chi connectivity index (χ4n) is 0. The molecule has 0 heterocycles. The number of aliphatic carboxylic acids is 1. The van der Waals surface area contributed by atoms with Crippen LogP contribution in [-0.2, 0) is 4.79 Å². The summed E-state index contributed by atoms with van der Waals surface area (Å²) >= 11 is 0. The number of nitrogens with two attached hydrogens (primary N) is 1. The predicted octanol–water partition coefficient (Wildman–Crippen LogP) is -1.50. The van der Waals surface area contributed by atoms with Gasteiger partial charge < -0.3 is 10.8 Å². The molecule has 0 spiro atoms. The van der Waals surface area contributed by atoms with Crippen molar-refractivity contribution < 1.29 is 9.90 Å². The molecule has 0 aromatic heterocycles. The first-order valence-electron chi connectivity index (χ1n) is 1.63. The Labute approximate surface area is 79.2 Å². The van der Waals surface area contributed by atoms with Crippen molar-refractivity contribution in [2.75, 3.05) is 0 Å². The van der Waals surface area contributed by atoms with Crippen molar-refractivity contribution >= 4 is 51.5 Å². The van der Waals surface area contributed by atoms with E-state index in [1.54, 1.807) is 0 Å². The van der Waals surface area contributed by atoms with E-state index < -0.39 is 12.0 Å². The molecule has 40 valence electrons. The van der Waals surface area contributed by atoms with Gasteiger partial charge in [-0.25, -0.2) is 0 Å². The van der Waals surface area contributed by atoms with Gasteiger partial charge in [-0.2, -0.15) is 0 Å². The molecule has 0 saturated carbocycles. The van der Waals surface area contributed by atoms with Crippen molar-refractivity contribution in [3.63, 3.8) is 0 Å². The third kappa shape index (κ3) is 6.91. The van der Waals surface area contributed by atoms with Crippen LogP contribution in [0.25, 0.3) is 0 Å². The Hall–Kier alpha value is 0.911. The Balaban J connectivity index is 0. The molecule has 1 atom stereocenters. The van der Waals surface area contributed by atoms with Crippen LogP contribution in [0.1, 0.15) is 6.92 Å². The molecule has 3 N–H and O–H groups in total. The van der Waals surface area contributed by atoms with E-state index in [0.29, 0.717) is 0 Å². The Morgan fingerprint density at radius 1 is 1.86 bits per heavy atom. The van der Waals surface area contributed by atoms with E-state index in [2.05, 4.69) is 0 Å². The zero-order valence-electron chi connectivity index (χ0n) is 3.51. The van der Waals surface area contributed by atoms with Crippen LogP contribution >= 0.6 is 0 Å². The molecule has 7 heavy (non-hydrogen) atoms. The predicted molar refractivity (Wildman–Crippen MR) is 29.8 cm³/mol. The third-order valence-electron chi connectivity index (χ3n) is 0.390. The summed E-state index contributed by atoms with van der Waals surface area (Å²) in [5.74, 6) is -0.963. The first kappa shape index (κ1) is 10.8. The van der Waals surface area contributed by atoms with Gasteiger partial charge in [-0.1, -0.05) is 0 Å². The van der Waals surface area contributed by atoms with Gasteiger partial charge in [-0.05, 0) is 6.92 Å². The first-order valence-corrected chi connectivity index (χ1v) is 1.63. The van der Waals surface area contributed by atoms with Crippen LogP contribution < -0.4 is 5.73 Å². The molecule has 0 amide bonds. The van der Waals surface area contributed by atoms with Gasteiger partial charge in [0.2, 0.25) is 0 Å². The normalized spacial score (nSPS) is 11.7. The van der Waals surface area contributed by atoms with Crippen molar-refractivity contribution in [2.24, 2.45) is 5.73 Å². The molecule has 0 fully saturated rings. The summed E-state index contributed by atoms with van der Waals surface area (Å²) in [6.07, 6.45) is 0. The summed E-state index contributed by atoms with van der Waals surface area (Å²) < 4.78 is 0. The molecule has 3 nitrogen and oxygen atoms in total. The van der Waals surface area contributed by atoms with E-state index in [9.17, 15) is 4.79 Å². The van der Waals surface area contributed by atoms with E-state index in [1.165, 1.54) is 6.92 Å². The fraction of sp³-hybridized carbons (Fsp3) is 0.667. The number of carboxylic acid groups (broad SMARTS) is 1. The molecule has 0 aliphatic heterocycles. The minimum absolute atomic E-state index is 0. The van der Waals surface area contributed by atoms with Crippen molar-refractivity contribution in [1.82, 2.24) is 0 Å². The standard InChI is InChI=1S/C3H7NO2.Sr.2H/c1-2(4)3(5)6;;;/h2H,4H2,1H3,(H,5,6);;;. The second-order valence-corrected chi connectivity index (χ2v) is 1.13. The van der Waals surface area contributed by atoms with Crippen molar-refractivity contribution in [3.8, 4) is 0 Å². The van der Waals surface area contributed by atoms with Gasteiger partial charge >= 0.3 is 51.5 Å². The van der Waals surface area contributed by atoms with Crippen molar-refractivity contribution in [3.05, 3.63) is 0 Å². The maximum atomic E-state index is 9.57. The molecule has 0 radical (unpaired) electrons. The zero-order valence-corrected chi connectivity index (χ0v) is 3.51. The minimum atomic E-state index is -0.963. The van der Waals surface area contributed by atoms with Crippen LogP contribution in [0.15, 0.2) is 0 Å². The summed E-state index contributed by atoms with van der Waals surface area (Å²) in [5.41, 5.74) is 4.84. The number of hydrogen-bond acceptors (Lipinski definition) is 2. The van der Waals surface area contributed by atoms with E-state index >= 15 is 0 Å². The zero-order chi connectivity index (χ0) is 5.15. The number of hydrogen-bond donors (Lipinski definition) is 2. The second kappa shape index (κ2) is 5.06. The summed E-state index contributed by atoms with van der Waals surface area (Å²) in [6, 6.07) is -0.731. The molecule has 0 aromatic carbocycles. The van der Waals surface area contributed by atoms with E-state index in [1.807, 2.05) is 0 Å². The van der Waals surface area contributed by atoms with Gasteiger partial charge in [0.25, 0.3) is 0 Å². The summed E-state index contributed by atoms with van der Waals surface area (Å²) in [6.45, 7) is 1.42. The van der Waals surface area contributed by atoms with Crippen LogP contribution in [0.5, 0.6) is 0 Å². The molecule has 0 saturated heterocycles. The molecule has 0 rings (SSSR count). The summed E-state index contributed by atoms with van der Waals surface area (Å²) in [5, 5.41) is 7.87. The van der Waals surface area contributed by atoms with Crippen LogP contribution in [0.3, 0.4) is 0 Å². The molecular formula is C3H9NO2Sr. The van der Waals surface area contributed by atoms with E-state index in [-0.39, 0.29) is 45.5 Å². The quantitative estimate of drug-likeness (QED) is 0.481. The van der Waals surface area contributed by atoms with Gasteiger partial charge in [-0.3, -0.25) is 4.79 Å². The van der Waals surface area contributed by atoms with Gasteiger partial charge in [0.15, 0.2) is 0 Å². The fourth-order valence-corrected chi connectivity index (χ4v) is 0. The summed E-state index contributed by atoms with van der Waals surface area (Å²) in [4.78, 5) is 9.57. The maximum absolute atomic E-state index is 9.57. The topological polar surface area (TPSA) is 63.3 Å². The molecule has 0 aliphatic rings.